The third-order valence-corrected chi connectivity index (χ3v) is 5.00. The number of aromatic nitrogens is 2. The lowest BCUT2D eigenvalue weighted by Crippen LogP contribution is -2.42. The second kappa shape index (κ2) is 8.84. The van der Waals surface area contributed by atoms with Crippen LogP contribution in [0.5, 0.6) is 0 Å². The second-order valence-electron chi connectivity index (χ2n) is 5.88. The van der Waals surface area contributed by atoms with E-state index in [1.807, 2.05) is 16.9 Å². The van der Waals surface area contributed by atoms with Crippen LogP contribution in [0.3, 0.4) is 0 Å². The zero-order valence-electron chi connectivity index (χ0n) is 13.7. The molecule has 1 aromatic heterocycles. The fourth-order valence-electron chi connectivity index (χ4n) is 2.78. The summed E-state index contributed by atoms with van der Waals surface area (Å²) in [4.78, 5) is 4.31. The van der Waals surface area contributed by atoms with E-state index in [4.69, 9.17) is 0 Å². The van der Waals surface area contributed by atoms with Gasteiger partial charge in [0.25, 0.3) is 0 Å². The van der Waals surface area contributed by atoms with E-state index in [1.54, 1.807) is 13.2 Å². The lowest BCUT2D eigenvalue weighted by Gasteiger charge is -2.20. The average Bonchev–Trinajstić information content (AvgIpc) is 3.17. The molecule has 0 aliphatic heterocycles. The van der Waals surface area contributed by atoms with E-state index in [0.29, 0.717) is 0 Å². The predicted octanol–water partition coefficient (Wildman–Crippen LogP) is 3.16. The standard InChI is InChI=1S/C17H22BrN5.HI/c1-19-16(20-10-12-23-11-4-9-22-23)21-13-17(7-8-17)14-5-2-3-6-15(14)18;/h2-6,9,11H,7-8,10,12-13H2,1H3,(H2,19,20,21);1H. The van der Waals surface area contributed by atoms with Crippen molar-refractivity contribution < 1.29 is 0 Å². The Hall–Kier alpha value is -1.09. The van der Waals surface area contributed by atoms with E-state index in [9.17, 15) is 0 Å². The maximum Gasteiger partial charge on any atom is 0.191 e. The number of aliphatic imine (C=N–C) groups is 1. The molecule has 2 N–H and O–H groups in total. The SMILES string of the molecule is CN=C(NCCn1cccn1)NCC1(c2ccccc2Br)CC1.I. The van der Waals surface area contributed by atoms with Crippen LogP contribution in [-0.2, 0) is 12.0 Å². The monoisotopic (exact) mass is 503 g/mol. The first-order valence-electron chi connectivity index (χ1n) is 7.90. The Kier molecular flexibility index (Phi) is 7.09. The molecule has 1 aliphatic carbocycles. The normalized spacial score (nSPS) is 15.5. The Morgan fingerprint density at radius 2 is 2.08 bits per heavy atom. The number of hydrogen-bond donors (Lipinski definition) is 2. The van der Waals surface area contributed by atoms with Crippen molar-refractivity contribution in [1.82, 2.24) is 20.4 Å². The molecule has 2 aromatic rings. The molecule has 0 unspecified atom stereocenters. The molecule has 24 heavy (non-hydrogen) atoms. The summed E-state index contributed by atoms with van der Waals surface area (Å²) in [5, 5.41) is 11.0. The van der Waals surface area contributed by atoms with Crippen LogP contribution < -0.4 is 10.6 Å². The summed E-state index contributed by atoms with van der Waals surface area (Å²) in [6.45, 7) is 2.52. The molecule has 5 nitrogen and oxygen atoms in total. The third-order valence-electron chi connectivity index (χ3n) is 4.31. The van der Waals surface area contributed by atoms with Crippen LogP contribution in [0.25, 0.3) is 0 Å². The highest BCUT2D eigenvalue weighted by Crippen LogP contribution is 2.49. The molecule has 130 valence electrons. The van der Waals surface area contributed by atoms with E-state index in [-0.39, 0.29) is 29.4 Å². The lowest BCUT2D eigenvalue weighted by molar-refractivity contribution is 0.590. The zero-order valence-corrected chi connectivity index (χ0v) is 17.6. The molecule has 7 heteroatoms. The Labute approximate surface area is 168 Å². The number of rotatable bonds is 6. The van der Waals surface area contributed by atoms with Gasteiger partial charge in [-0.05, 0) is 30.5 Å². The minimum absolute atomic E-state index is 0. The fraction of sp³-hybridized carbons (Fsp3) is 0.412. The highest BCUT2D eigenvalue weighted by atomic mass is 127. The molecule has 1 heterocycles. The van der Waals surface area contributed by atoms with E-state index in [2.05, 4.69) is 60.9 Å². The summed E-state index contributed by atoms with van der Waals surface area (Å²) in [5.74, 6) is 0.843. The quantitative estimate of drug-likeness (QED) is 0.361. The highest BCUT2D eigenvalue weighted by Gasteiger charge is 2.45. The van der Waals surface area contributed by atoms with Gasteiger partial charge < -0.3 is 10.6 Å². The lowest BCUT2D eigenvalue weighted by atomic mass is 9.96. The van der Waals surface area contributed by atoms with Gasteiger partial charge >= 0.3 is 0 Å². The summed E-state index contributed by atoms with van der Waals surface area (Å²) >= 11 is 3.68. The van der Waals surface area contributed by atoms with Gasteiger partial charge in [0.2, 0.25) is 0 Å². The summed E-state index contributed by atoms with van der Waals surface area (Å²) in [6, 6.07) is 10.4. The van der Waals surface area contributed by atoms with Gasteiger partial charge in [-0.1, -0.05) is 34.1 Å². The van der Waals surface area contributed by atoms with E-state index < -0.39 is 0 Å². The maximum atomic E-state index is 4.31. The maximum absolute atomic E-state index is 4.31. The Morgan fingerprint density at radius 3 is 2.71 bits per heavy atom. The minimum atomic E-state index is 0. The van der Waals surface area contributed by atoms with Crippen LogP contribution >= 0.6 is 39.9 Å². The average molecular weight is 504 g/mol. The smallest absolute Gasteiger partial charge is 0.191 e. The van der Waals surface area contributed by atoms with Crippen molar-refractivity contribution in [2.45, 2.75) is 24.8 Å². The van der Waals surface area contributed by atoms with E-state index >= 15 is 0 Å². The fourth-order valence-corrected chi connectivity index (χ4v) is 3.48. The number of hydrogen-bond acceptors (Lipinski definition) is 2. The van der Waals surface area contributed by atoms with Gasteiger partial charge in [-0.2, -0.15) is 5.10 Å². The molecular formula is C17H23BrIN5. The zero-order chi connectivity index (χ0) is 16.1. The van der Waals surface area contributed by atoms with Crippen molar-refractivity contribution in [2.24, 2.45) is 4.99 Å². The largest absolute Gasteiger partial charge is 0.356 e. The van der Waals surface area contributed by atoms with Crippen molar-refractivity contribution in [3.8, 4) is 0 Å². The second-order valence-corrected chi connectivity index (χ2v) is 6.74. The van der Waals surface area contributed by atoms with Crippen molar-refractivity contribution in [2.75, 3.05) is 20.1 Å². The Morgan fingerprint density at radius 1 is 1.29 bits per heavy atom. The van der Waals surface area contributed by atoms with Crippen LogP contribution in [-0.4, -0.2) is 35.9 Å². The molecule has 3 rings (SSSR count). The number of benzene rings is 1. The van der Waals surface area contributed by atoms with E-state index in [0.717, 1.165) is 25.6 Å². The third kappa shape index (κ3) is 4.72. The molecule has 1 saturated carbocycles. The summed E-state index contributed by atoms with van der Waals surface area (Å²) in [7, 11) is 1.81. The van der Waals surface area contributed by atoms with Crippen LogP contribution in [0.4, 0.5) is 0 Å². The summed E-state index contributed by atoms with van der Waals surface area (Å²) < 4.78 is 3.10. The molecule has 0 spiro atoms. The van der Waals surface area contributed by atoms with Crippen molar-refractivity contribution in [1.29, 1.82) is 0 Å². The first kappa shape index (κ1) is 19.2. The molecular weight excluding hydrogens is 481 g/mol. The molecule has 0 amide bonds. The molecule has 0 radical (unpaired) electrons. The predicted molar refractivity (Wildman–Crippen MR) is 112 cm³/mol. The molecule has 0 atom stereocenters. The van der Waals surface area contributed by atoms with Gasteiger partial charge in [0.1, 0.15) is 0 Å². The van der Waals surface area contributed by atoms with Crippen molar-refractivity contribution >= 4 is 45.9 Å². The molecule has 0 saturated heterocycles. The van der Waals surface area contributed by atoms with Crippen LogP contribution in [0.1, 0.15) is 18.4 Å². The first-order valence-corrected chi connectivity index (χ1v) is 8.70. The topological polar surface area (TPSA) is 54.2 Å². The molecule has 1 aromatic carbocycles. The number of nitrogens with one attached hydrogen (secondary N) is 2. The van der Waals surface area contributed by atoms with Crippen molar-refractivity contribution in [3.05, 3.63) is 52.8 Å². The molecule has 1 aliphatic rings. The highest BCUT2D eigenvalue weighted by molar-refractivity contribution is 14.0. The van der Waals surface area contributed by atoms with Gasteiger partial charge in [0.15, 0.2) is 5.96 Å². The summed E-state index contributed by atoms with van der Waals surface area (Å²) in [5.41, 5.74) is 1.62. The van der Waals surface area contributed by atoms with E-state index in [1.165, 1.54) is 22.9 Å². The van der Waals surface area contributed by atoms with Gasteiger partial charge in [0.05, 0.1) is 6.54 Å². The molecule has 1 fully saturated rings. The Balaban J connectivity index is 0.00000208. The summed E-state index contributed by atoms with van der Waals surface area (Å²) in [6.07, 6.45) is 6.19. The molecule has 0 bridgehead atoms. The van der Waals surface area contributed by atoms with Crippen LogP contribution in [0, 0.1) is 0 Å². The van der Waals surface area contributed by atoms with Crippen LogP contribution in [0.2, 0.25) is 0 Å². The number of halogens is 2. The van der Waals surface area contributed by atoms with Gasteiger partial charge in [-0.15, -0.1) is 24.0 Å². The van der Waals surface area contributed by atoms with Gasteiger partial charge in [-0.3, -0.25) is 9.67 Å². The number of nitrogens with zero attached hydrogens (tertiary/aromatic N) is 3. The van der Waals surface area contributed by atoms with Gasteiger partial charge in [-0.25, -0.2) is 0 Å². The first-order chi connectivity index (χ1) is 11.2. The van der Waals surface area contributed by atoms with Crippen LogP contribution in [0.15, 0.2) is 52.2 Å². The van der Waals surface area contributed by atoms with Gasteiger partial charge in [0, 0.05) is 42.4 Å². The minimum Gasteiger partial charge on any atom is -0.356 e. The Bertz CT molecular complexity index is 667. The number of guanidine groups is 1. The van der Waals surface area contributed by atoms with Crippen molar-refractivity contribution in [3.63, 3.8) is 0 Å².